The van der Waals surface area contributed by atoms with Crippen LogP contribution in [0.15, 0.2) is 48.9 Å². The molecule has 0 saturated carbocycles. The lowest BCUT2D eigenvalue weighted by atomic mass is 9.74. The molecule has 1 fully saturated rings. The fourth-order valence-corrected chi connectivity index (χ4v) is 3.56. The van der Waals surface area contributed by atoms with Crippen molar-refractivity contribution in [2.75, 3.05) is 32.2 Å². The third-order valence-corrected chi connectivity index (χ3v) is 5.16. The van der Waals surface area contributed by atoms with Gasteiger partial charge >= 0.3 is 0 Å². The number of pyridine rings is 1. The Balaban J connectivity index is 1.62. The molecule has 0 aliphatic carbocycles. The van der Waals surface area contributed by atoms with Crippen molar-refractivity contribution in [1.82, 2.24) is 15.0 Å². The zero-order valence-corrected chi connectivity index (χ0v) is 14.8. The molecule has 0 radical (unpaired) electrons. The predicted molar refractivity (Wildman–Crippen MR) is 101 cm³/mol. The third kappa shape index (κ3) is 3.20. The molecular weight excluding hydrogens is 328 g/mol. The second kappa shape index (κ2) is 7.25. The fourth-order valence-electron chi connectivity index (χ4n) is 3.56. The van der Waals surface area contributed by atoms with Crippen LogP contribution in [-0.4, -0.2) is 41.8 Å². The molecule has 3 aromatic rings. The second-order valence-corrected chi connectivity index (χ2v) is 6.57. The van der Waals surface area contributed by atoms with Gasteiger partial charge in [-0.15, -0.1) is 0 Å². The Kier molecular flexibility index (Phi) is 4.67. The van der Waals surface area contributed by atoms with Gasteiger partial charge in [0.05, 0.1) is 12.5 Å². The molecule has 6 nitrogen and oxygen atoms in total. The van der Waals surface area contributed by atoms with E-state index in [1.807, 2.05) is 24.3 Å². The molecule has 0 unspecified atom stereocenters. The van der Waals surface area contributed by atoms with Crippen molar-refractivity contribution in [3.05, 3.63) is 54.5 Å². The van der Waals surface area contributed by atoms with Crippen LogP contribution >= 0.6 is 0 Å². The summed E-state index contributed by atoms with van der Waals surface area (Å²) in [6, 6.07) is 12.3. The standard InChI is InChI=1S/C20H22N4O2/c1-25-16-6-4-15(5-7-16)20(8-11-26-12-9-20)13-22-19-17-3-2-10-21-18(17)23-14-24-19/h2-7,10,14H,8-9,11-13H2,1H3,(H,21,22,23,24). The van der Waals surface area contributed by atoms with E-state index in [4.69, 9.17) is 9.47 Å². The zero-order chi connectivity index (χ0) is 17.8. The molecule has 134 valence electrons. The highest BCUT2D eigenvalue weighted by atomic mass is 16.5. The van der Waals surface area contributed by atoms with Crippen molar-refractivity contribution in [2.24, 2.45) is 0 Å². The van der Waals surface area contributed by atoms with Crippen LogP contribution in [-0.2, 0) is 10.2 Å². The molecule has 1 aromatic carbocycles. The van der Waals surface area contributed by atoms with Gasteiger partial charge in [-0.25, -0.2) is 15.0 Å². The number of anilines is 1. The summed E-state index contributed by atoms with van der Waals surface area (Å²) in [5.74, 6) is 1.69. The number of ether oxygens (including phenoxy) is 2. The van der Waals surface area contributed by atoms with Crippen LogP contribution in [0.4, 0.5) is 5.82 Å². The Morgan fingerprint density at radius 2 is 1.88 bits per heavy atom. The molecule has 3 heterocycles. The first-order chi connectivity index (χ1) is 12.8. The van der Waals surface area contributed by atoms with Gasteiger partial charge in [0.15, 0.2) is 5.65 Å². The molecule has 0 spiro atoms. The summed E-state index contributed by atoms with van der Waals surface area (Å²) < 4.78 is 10.9. The number of nitrogens with zero attached hydrogens (tertiary/aromatic N) is 3. The first kappa shape index (κ1) is 16.7. The molecule has 4 rings (SSSR count). The number of rotatable bonds is 5. The fraction of sp³-hybridized carbons (Fsp3) is 0.350. The van der Waals surface area contributed by atoms with Crippen LogP contribution in [0.3, 0.4) is 0 Å². The summed E-state index contributed by atoms with van der Waals surface area (Å²) in [7, 11) is 1.69. The van der Waals surface area contributed by atoms with Gasteiger partial charge in [0, 0.05) is 31.4 Å². The first-order valence-corrected chi connectivity index (χ1v) is 8.83. The van der Waals surface area contributed by atoms with Crippen LogP contribution in [0, 0.1) is 0 Å². The second-order valence-electron chi connectivity index (χ2n) is 6.57. The lowest BCUT2D eigenvalue weighted by molar-refractivity contribution is 0.0543. The Labute approximate surface area is 152 Å². The van der Waals surface area contributed by atoms with Crippen LogP contribution in [0.1, 0.15) is 18.4 Å². The van der Waals surface area contributed by atoms with E-state index in [-0.39, 0.29) is 5.41 Å². The van der Waals surface area contributed by atoms with Crippen molar-refractivity contribution in [2.45, 2.75) is 18.3 Å². The summed E-state index contributed by atoms with van der Waals surface area (Å²) >= 11 is 0. The van der Waals surface area contributed by atoms with E-state index in [9.17, 15) is 0 Å². The molecule has 0 atom stereocenters. The van der Waals surface area contributed by atoms with Gasteiger partial charge < -0.3 is 14.8 Å². The lowest BCUT2D eigenvalue weighted by Crippen LogP contribution is -2.40. The maximum atomic E-state index is 5.63. The largest absolute Gasteiger partial charge is 0.497 e. The molecule has 0 bridgehead atoms. The molecule has 6 heteroatoms. The van der Waals surface area contributed by atoms with Crippen LogP contribution in [0.2, 0.25) is 0 Å². The van der Waals surface area contributed by atoms with E-state index in [0.717, 1.165) is 49.6 Å². The number of hydrogen-bond acceptors (Lipinski definition) is 6. The highest BCUT2D eigenvalue weighted by Gasteiger charge is 2.34. The summed E-state index contributed by atoms with van der Waals surface area (Å²) in [6.07, 6.45) is 5.24. The Morgan fingerprint density at radius 3 is 2.65 bits per heavy atom. The van der Waals surface area contributed by atoms with Gasteiger partial charge in [0.1, 0.15) is 17.9 Å². The number of fused-ring (bicyclic) bond motifs is 1. The van der Waals surface area contributed by atoms with Crippen molar-refractivity contribution < 1.29 is 9.47 Å². The average molecular weight is 350 g/mol. The van der Waals surface area contributed by atoms with E-state index in [2.05, 4.69) is 32.4 Å². The first-order valence-electron chi connectivity index (χ1n) is 8.83. The smallest absolute Gasteiger partial charge is 0.164 e. The van der Waals surface area contributed by atoms with Crippen LogP contribution in [0.5, 0.6) is 5.75 Å². The van der Waals surface area contributed by atoms with Crippen molar-refractivity contribution in [3.8, 4) is 5.75 Å². The molecular formula is C20H22N4O2. The SMILES string of the molecule is COc1ccc(C2(CNc3ncnc4ncccc34)CCOCC2)cc1. The monoisotopic (exact) mass is 350 g/mol. The summed E-state index contributed by atoms with van der Waals surface area (Å²) in [4.78, 5) is 13.0. The van der Waals surface area contributed by atoms with Crippen molar-refractivity contribution >= 4 is 16.9 Å². The number of nitrogens with one attached hydrogen (secondary N) is 1. The van der Waals surface area contributed by atoms with E-state index in [1.54, 1.807) is 19.6 Å². The quantitative estimate of drug-likeness (QED) is 0.762. The van der Waals surface area contributed by atoms with Crippen molar-refractivity contribution in [1.29, 1.82) is 0 Å². The van der Waals surface area contributed by atoms with Crippen LogP contribution in [0.25, 0.3) is 11.0 Å². The average Bonchev–Trinajstić information content (AvgIpc) is 2.73. The number of methoxy groups -OCH3 is 1. The van der Waals surface area contributed by atoms with Gasteiger partial charge in [0.25, 0.3) is 0 Å². The predicted octanol–water partition coefficient (Wildman–Crippen LogP) is 3.19. The summed E-state index contributed by atoms with van der Waals surface area (Å²) in [5, 5.41) is 4.48. The molecule has 1 aliphatic heterocycles. The molecule has 1 N–H and O–H groups in total. The molecule has 0 amide bonds. The lowest BCUT2D eigenvalue weighted by Gasteiger charge is -2.38. The summed E-state index contributed by atoms with van der Waals surface area (Å²) in [5.41, 5.74) is 2.00. The van der Waals surface area contributed by atoms with Crippen molar-refractivity contribution in [3.63, 3.8) is 0 Å². The minimum Gasteiger partial charge on any atom is -0.497 e. The maximum absolute atomic E-state index is 5.63. The van der Waals surface area contributed by atoms with Gasteiger partial charge in [-0.05, 0) is 42.7 Å². The molecule has 26 heavy (non-hydrogen) atoms. The highest BCUT2D eigenvalue weighted by molar-refractivity contribution is 5.85. The topological polar surface area (TPSA) is 69.2 Å². The van der Waals surface area contributed by atoms with E-state index < -0.39 is 0 Å². The van der Waals surface area contributed by atoms with Gasteiger partial charge in [-0.1, -0.05) is 12.1 Å². The highest BCUT2D eigenvalue weighted by Crippen LogP contribution is 2.36. The van der Waals surface area contributed by atoms with Gasteiger partial charge in [-0.2, -0.15) is 0 Å². The maximum Gasteiger partial charge on any atom is 0.164 e. The van der Waals surface area contributed by atoms with Gasteiger partial charge in [-0.3, -0.25) is 0 Å². The van der Waals surface area contributed by atoms with E-state index >= 15 is 0 Å². The van der Waals surface area contributed by atoms with E-state index in [1.165, 1.54) is 5.56 Å². The normalized spacial score (nSPS) is 16.3. The Morgan fingerprint density at radius 1 is 1.08 bits per heavy atom. The Bertz CT molecular complexity index is 871. The molecule has 2 aromatic heterocycles. The Hall–Kier alpha value is -2.73. The minimum absolute atomic E-state index is 0.00397. The zero-order valence-electron chi connectivity index (χ0n) is 14.8. The van der Waals surface area contributed by atoms with E-state index in [0.29, 0.717) is 5.65 Å². The third-order valence-electron chi connectivity index (χ3n) is 5.16. The van der Waals surface area contributed by atoms with Gasteiger partial charge in [0.2, 0.25) is 0 Å². The number of aromatic nitrogens is 3. The molecule has 1 saturated heterocycles. The minimum atomic E-state index is 0.00397. The number of hydrogen-bond donors (Lipinski definition) is 1. The number of benzene rings is 1. The van der Waals surface area contributed by atoms with Crippen LogP contribution < -0.4 is 10.1 Å². The molecule has 1 aliphatic rings. The summed E-state index contributed by atoms with van der Waals surface area (Å²) in [6.45, 7) is 2.31.